The van der Waals surface area contributed by atoms with Crippen LogP contribution in [0.4, 0.5) is 0 Å². The summed E-state index contributed by atoms with van der Waals surface area (Å²) in [6.07, 6.45) is -0.0244. The highest BCUT2D eigenvalue weighted by Crippen LogP contribution is 2.08. The molecule has 0 spiro atoms. The van der Waals surface area contributed by atoms with E-state index in [1.165, 1.54) is 6.92 Å². The first-order valence-electron chi connectivity index (χ1n) is 9.17. The summed E-state index contributed by atoms with van der Waals surface area (Å²) in [5.74, 6) is -4.07. The third-order valence-corrected chi connectivity index (χ3v) is 4.23. The zero-order chi connectivity index (χ0) is 22.7. The molecule has 4 amide bonds. The first-order valence-corrected chi connectivity index (χ1v) is 9.80. The fourth-order valence-corrected chi connectivity index (χ4v) is 2.54. The minimum atomic E-state index is -1.26. The van der Waals surface area contributed by atoms with Gasteiger partial charge in [-0.25, -0.2) is 4.79 Å². The lowest BCUT2D eigenvalue weighted by atomic mass is 10.0. The van der Waals surface area contributed by atoms with E-state index in [0.29, 0.717) is 0 Å². The van der Waals surface area contributed by atoms with E-state index in [9.17, 15) is 24.0 Å². The standard InChI is InChI=1S/C17H31N5O6S/c1-8(2)6-11(16(26)22-12(7-29)17(27)28)21-15(25)10(4-5-13(19)23)20-14(24)9(3)18/h8-12,29H,4-7,18H2,1-3H3,(H2,19,23)(H,20,24)(H,21,25)(H,22,26)(H,27,28). The highest BCUT2D eigenvalue weighted by molar-refractivity contribution is 7.80. The smallest absolute Gasteiger partial charge is 0.327 e. The second-order valence-electron chi connectivity index (χ2n) is 7.13. The maximum atomic E-state index is 12.7. The monoisotopic (exact) mass is 433 g/mol. The molecule has 0 aromatic carbocycles. The molecule has 166 valence electrons. The number of hydrogen-bond acceptors (Lipinski definition) is 7. The second-order valence-corrected chi connectivity index (χ2v) is 7.49. The molecule has 4 atom stereocenters. The van der Waals surface area contributed by atoms with Crippen molar-refractivity contribution >= 4 is 42.2 Å². The fourth-order valence-electron chi connectivity index (χ4n) is 2.29. The van der Waals surface area contributed by atoms with E-state index in [0.717, 1.165) is 0 Å². The van der Waals surface area contributed by atoms with E-state index in [1.807, 2.05) is 13.8 Å². The molecule has 0 aliphatic heterocycles. The van der Waals surface area contributed by atoms with Gasteiger partial charge in [0.1, 0.15) is 18.1 Å². The average molecular weight is 434 g/mol. The Morgan fingerprint density at radius 2 is 1.38 bits per heavy atom. The highest BCUT2D eigenvalue weighted by Gasteiger charge is 2.30. The lowest BCUT2D eigenvalue weighted by Crippen LogP contribution is -2.57. The molecule has 12 heteroatoms. The zero-order valence-corrected chi connectivity index (χ0v) is 17.7. The van der Waals surface area contributed by atoms with Crippen LogP contribution >= 0.6 is 12.6 Å². The molecule has 0 aromatic rings. The van der Waals surface area contributed by atoms with Gasteiger partial charge >= 0.3 is 5.97 Å². The highest BCUT2D eigenvalue weighted by atomic mass is 32.1. The van der Waals surface area contributed by atoms with Gasteiger partial charge in [-0.3, -0.25) is 19.2 Å². The number of nitrogens with one attached hydrogen (secondary N) is 3. The Kier molecular flexibility index (Phi) is 11.9. The maximum absolute atomic E-state index is 12.7. The van der Waals surface area contributed by atoms with Gasteiger partial charge in [0, 0.05) is 12.2 Å². The Morgan fingerprint density at radius 1 is 0.897 bits per heavy atom. The molecule has 11 nitrogen and oxygen atoms in total. The summed E-state index contributed by atoms with van der Waals surface area (Å²) in [5.41, 5.74) is 10.6. The Labute approximate surface area is 175 Å². The van der Waals surface area contributed by atoms with Crippen molar-refractivity contribution in [1.82, 2.24) is 16.0 Å². The van der Waals surface area contributed by atoms with Gasteiger partial charge in [-0.1, -0.05) is 13.8 Å². The number of thiol groups is 1. The number of carbonyl (C=O) groups excluding carboxylic acids is 4. The van der Waals surface area contributed by atoms with Crippen molar-refractivity contribution in [3.8, 4) is 0 Å². The van der Waals surface area contributed by atoms with Crippen LogP contribution in [0.5, 0.6) is 0 Å². The summed E-state index contributed by atoms with van der Waals surface area (Å²) in [5, 5.41) is 16.3. The van der Waals surface area contributed by atoms with Gasteiger partial charge < -0.3 is 32.5 Å². The number of carboxylic acids is 1. The number of hydrogen-bond donors (Lipinski definition) is 7. The minimum absolute atomic E-state index is 0.00643. The molecular weight excluding hydrogens is 402 g/mol. The number of carboxylic acid groups (broad SMARTS) is 1. The van der Waals surface area contributed by atoms with Crippen molar-refractivity contribution in [3.05, 3.63) is 0 Å². The van der Waals surface area contributed by atoms with Gasteiger partial charge in [0.05, 0.1) is 6.04 Å². The van der Waals surface area contributed by atoms with Gasteiger partial charge in [-0.15, -0.1) is 0 Å². The first kappa shape index (κ1) is 26.7. The zero-order valence-electron chi connectivity index (χ0n) is 16.8. The Balaban J connectivity index is 5.37. The normalized spacial score (nSPS) is 15.0. The summed E-state index contributed by atoms with van der Waals surface area (Å²) < 4.78 is 0. The molecule has 0 bridgehead atoms. The van der Waals surface area contributed by atoms with Crippen molar-refractivity contribution in [2.75, 3.05) is 5.75 Å². The summed E-state index contributed by atoms with van der Waals surface area (Å²) in [4.78, 5) is 59.2. The van der Waals surface area contributed by atoms with Crippen molar-refractivity contribution in [3.63, 3.8) is 0 Å². The van der Waals surface area contributed by atoms with E-state index in [2.05, 4.69) is 28.6 Å². The fraction of sp³-hybridized carbons (Fsp3) is 0.706. The Morgan fingerprint density at radius 3 is 1.79 bits per heavy atom. The largest absolute Gasteiger partial charge is 0.480 e. The van der Waals surface area contributed by atoms with Crippen LogP contribution in [0.1, 0.15) is 40.0 Å². The lowest BCUT2D eigenvalue weighted by Gasteiger charge is -2.25. The molecule has 0 fully saturated rings. The first-order chi connectivity index (χ1) is 13.4. The topological polar surface area (TPSA) is 194 Å². The molecule has 4 unspecified atom stereocenters. The van der Waals surface area contributed by atoms with E-state index in [-0.39, 0.29) is 30.9 Å². The number of nitrogens with two attached hydrogens (primary N) is 2. The van der Waals surface area contributed by atoms with Crippen LogP contribution < -0.4 is 27.4 Å². The molecule has 0 aromatic heterocycles. The van der Waals surface area contributed by atoms with Gasteiger partial charge in [-0.2, -0.15) is 12.6 Å². The molecule has 0 saturated heterocycles. The predicted octanol–water partition coefficient (Wildman–Crippen LogP) is -1.89. The minimum Gasteiger partial charge on any atom is -0.480 e. The lowest BCUT2D eigenvalue weighted by molar-refractivity contribution is -0.141. The average Bonchev–Trinajstić information content (AvgIpc) is 2.60. The summed E-state index contributed by atoms with van der Waals surface area (Å²) >= 11 is 3.89. The summed E-state index contributed by atoms with van der Waals surface area (Å²) in [6.45, 7) is 5.07. The van der Waals surface area contributed by atoms with E-state index in [4.69, 9.17) is 16.6 Å². The van der Waals surface area contributed by atoms with Gasteiger partial charge in [-0.05, 0) is 25.7 Å². The SMILES string of the molecule is CC(C)CC(NC(=O)C(CCC(N)=O)NC(=O)C(C)N)C(=O)NC(CS)C(=O)O. The van der Waals surface area contributed by atoms with Gasteiger partial charge in [0.25, 0.3) is 0 Å². The number of carbonyl (C=O) groups is 5. The van der Waals surface area contributed by atoms with Gasteiger partial charge in [0.15, 0.2) is 0 Å². The van der Waals surface area contributed by atoms with E-state index in [1.54, 1.807) is 0 Å². The van der Waals surface area contributed by atoms with Crippen LogP contribution in [0, 0.1) is 5.92 Å². The molecule has 0 saturated carbocycles. The number of amides is 4. The van der Waals surface area contributed by atoms with Crippen molar-refractivity contribution in [2.45, 2.75) is 64.2 Å². The van der Waals surface area contributed by atoms with Crippen molar-refractivity contribution in [1.29, 1.82) is 0 Å². The summed E-state index contributed by atoms with van der Waals surface area (Å²) in [6, 6.07) is -4.29. The molecule has 0 rings (SSSR count). The van der Waals surface area contributed by atoms with Crippen LogP contribution in [0.2, 0.25) is 0 Å². The number of primary amides is 1. The quantitative estimate of drug-likeness (QED) is 0.165. The van der Waals surface area contributed by atoms with E-state index >= 15 is 0 Å². The maximum Gasteiger partial charge on any atom is 0.327 e. The Hall–Kier alpha value is -2.34. The molecule has 8 N–H and O–H groups in total. The molecule has 0 radical (unpaired) electrons. The molecule has 0 heterocycles. The third kappa shape index (κ3) is 10.7. The molecule has 0 aliphatic rings. The molecular formula is C17H31N5O6S. The van der Waals surface area contributed by atoms with Crippen LogP contribution in [0.15, 0.2) is 0 Å². The number of aliphatic carboxylic acids is 1. The predicted molar refractivity (Wildman–Crippen MR) is 109 cm³/mol. The third-order valence-electron chi connectivity index (χ3n) is 3.86. The van der Waals surface area contributed by atoms with Crippen LogP contribution in [-0.4, -0.2) is 64.6 Å². The second kappa shape index (κ2) is 13.0. The van der Waals surface area contributed by atoms with E-state index < -0.39 is 53.8 Å². The number of rotatable bonds is 13. The molecule has 29 heavy (non-hydrogen) atoms. The van der Waals surface area contributed by atoms with Crippen molar-refractivity contribution < 1.29 is 29.1 Å². The van der Waals surface area contributed by atoms with Crippen molar-refractivity contribution in [2.24, 2.45) is 17.4 Å². The van der Waals surface area contributed by atoms with Crippen LogP contribution in [0.3, 0.4) is 0 Å². The van der Waals surface area contributed by atoms with Gasteiger partial charge in [0.2, 0.25) is 23.6 Å². The van der Waals surface area contributed by atoms with Crippen LogP contribution in [-0.2, 0) is 24.0 Å². The van der Waals surface area contributed by atoms with Crippen LogP contribution in [0.25, 0.3) is 0 Å². The Bertz CT molecular complexity index is 613. The molecule has 0 aliphatic carbocycles. The summed E-state index contributed by atoms with van der Waals surface area (Å²) in [7, 11) is 0.